The molecule has 0 heterocycles. The lowest BCUT2D eigenvalue weighted by Gasteiger charge is -2.14. The largest absolute Gasteiger partial charge is 0.480 e. The Kier molecular flexibility index (Phi) is 6.00. The Hall–Kier alpha value is -2.31. The Labute approximate surface area is 148 Å². The van der Waals surface area contributed by atoms with Gasteiger partial charge in [0.2, 0.25) is 0 Å². The van der Waals surface area contributed by atoms with Gasteiger partial charge in [0.1, 0.15) is 11.9 Å². The first-order chi connectivity index (χ1) is 11.4. The third-order valence-corrected chi connectivity index (χ3v) is 3.63. The molecule has 0 spiro atoms. The number of benzene rings is 2. The summed E-state index contributed by atoms with van der Waals surface area (Å²) in [6.07, 6.45) is -0.651. The number of carbonyl (C=O) groups excluding carboxylic acids is 1. The topological polar surface area (TPSA) is 78.7 Å². The van der Waals surface area contributed by atoms with E-state index in [-0.39, 0.29) is 17.3 Å². The van der Waals surface area contributed by atoms with Crippen molar-refractivity contribution in [1.29, 1.82) is 0 Å². The van der Waals surface area contributed by atoms with Gasteiger partial charge in [-0.3, -0.25) is 10.1 Å². The first kappa shape index (κ1) is 18.0. The Morgan fingerprint density at radius 1 is 1.25 bits per heavy atom. The van der Waals surface area contributed by atoms with Gasteiger partial charge in [-0.1, -0.05) is 35.3 Å². The monoisotopic (exact) mass is 369 g/mol. The second-order valence-corrected chi connectivity index (χ2v) is 5.69. The van der Waals surface area contributed by atoms with Gasteiger partial charge in [0.15, 0.2) is 6.61 Å². The first-order valence-corrected chi connectivity index (χ1v) is 7.64. The van der Waals surface area contributed by atoms with Crippen molar-refractivity contribution in [3.63, 3.8) is 0 Å². The van der Waals surface area contributed by atoms with Crippen LogP contribution in [0.15, 0.2) is 42.5 Å². The summed E-state index contributed by atoms with van der Waals surface area (Å²) in [5.41, 5.74) is 0.446. The molecule has 6 nitrogen and oxygen atoms in total. The van der Waals surface area contributed by atoms with Crippen LogP contribution in [0, 0.1) is 10.1 Å². The molecule has 8 heteroatoms. The van der Waals surface area contributed by atoms with E-state index in [4.69, 9.17) is 32.7 Å². The van der Waals surface area contributed by atoms with E-state index < -0.39 is 17.0 Å². The SMILES string of the molecule is CC(OC(=O)COc1ccc(Cl)cc1Cl)c1cccc([N+](=O)[O-])c1. The summed E-state index contributed by atoms with van der Waals surface area (Å²) < 4.78 is 10.5. The molecule has 0 saturated heterocycles. The van der Waals surface area contributed by atoms with Crippen molar-refractivity contribution in [1.82, 2.24) is 0 Å². The highest BCUT2D eigenvalue weighted by molar-refractivity contribution is 6.35. The molecule has 0 aliphatic heterocycles. The van der Waals surface area contributed by atoms with E-state index >= 15 is 0 Å². The van der Waals surface area contributed by atoms with Crippen LogP contribution in [0.2, 0.25) is 10.0 Å². The van der Waals surface area contributed by atoms with Crippen LogP contribution in [-0.4, -0.2) is 17.5 Å². The zero-order valence-electron chi connectivity index (χ0n) is 12.6. The van der Waals surface area contributed by atoms with Crippen molar-refractivity contribution in [3.05, 3.63) is 68.2 Å². The van der Waals surface area contributed by atoms with Crippen LogP contribution in [0.4, 0.5) is 5.69 Å². The van der Waals surface area contributed by atoms with E-state index in [1.807, 2.05) is 0 Å². The number of nitro groups is 1. The summed E-state index contributed by atoms with van der Waals surface area (Å²) >= 11 is 11.7. The van der Waals surface area contributed by atoms with E-state index in [0.717, 1.165) is 0 Å². The van der Waals surface area contributed by atoms with Gasteiger partial charge in [0.05, 0.1) is 9.95 Å². The second kappa shape index (κ2) is 7.99. The lowest BCUT2D eigenvalue weighted by Crippen LogP contribution is -2.17. The van der Waals surface area contributed by atoms with E-state index in [0.29, 0.717) is 16.3 Å². The van der Waals surface area contributed by atoms with Crippen molar-refractivity contribution < 1.29 is 19.2 Å². The molecule has 2 rings (SSSR count). The number of hydrogen-bond acceptors (Lipinski definition) is 5. The predicted octanol–water partition coefficient (Wildman–Crippen LogP) is 4.58. The Morgan fingerprint density at radius 2 is 2.00 bits per heavy atom. The van der Waals surface area contributed by atoms with Gasteiger partial charge in [-0.25, -0.2) is 4.79 Å². The molecular weight excluding hydrogens is 357 g/mol. The molecule has 2 aromatic rings. The van der Waals surface area contributed by atoms with Gasteiger partial charge < -0.3 is 9.47 Å². The number of nitrogens with zero attached hydrogens (tertiary/aromatic N) is 1. The number of nitro benzene ring substituents is 1. The van der Waals surface area contributed by atoms with E-state index in [9.17, 15) is 14.9 Å². The van der Waals surface area contributed by atoms with Crippen LogP contribution in [0.3, 0.4) is 0 Å². The van der Waals surface area contributed by atoms with Gasteiger partial charge in [-0.05, 0) is 30.7 Å². The molecule has 1 atom stereocenters. The van der Waals surface area contributed by atoms with E-state index in [2.05, 4.69) is 0 Å². The molecule has 1 unspecified atom stereocenters. The van der Waals surface area contributed by atoms with Gasteiger partial charge in [0, 0.05) is 17.2 Å². The minimum Gasteiger partial charge on any atom is -0.480 e. The average molecular weight is 370 g/mol. The lowest BCUT2D eigenvalue weighted by molar-refractivity contribution is -0.385. The average Bonchev–Trinajstić information content (AvgIpc) is 2.54. The predicted molar refractivity (Wildman–Crippen MR) is 89.6 cm³/mol. The molecule has 24 heavy (non-hydrogen) atoms. The standard InChI is InChI=1S/C16H13Cl2NO5/c1-10(11-3-2-4-13(7-11)19(21)22)24-16(20)9-23-15-6-5-12(17)8-14(15)18/h2-8,10H,9H2,1H3. The van der Waals surface area contributed by atoms with E-state index in [1.54, 1.807) is 25.1 Å². The molecule has 126 valence electrons. The molecule has 0 bridgehead atoms. The fourth-order valence-electron chi connectivity index (χ4n) is 1.92. The zero-order chi connectivity index (χ0) is 17.7. The minimum absolute atomic E-state index is 0.0698. The number of ether oxygens (including phenoxy) is 2. The highest BCUT2D eigenvalue weighted by Gasteiger charge is 2.16. The summed E-state index contributed by atoms with van der Waals surface area (Å²) in [7, 11) is 0. The fraction of sp³-hybridized carbons (Fsp3) is 0.188. The summed E-state index contributed by atoms with van der Waals surface area (Å²) in [6.45, 7) is 1.27. The summed E-state index contributed by atoms with van der Waals surface area (Å²) in [5, 5.41) is 11.5. The van der Waals surface area contributed by atoms with Gasteiger partial charge in [-0.15, -0.1) is 0 Å². The fourth-order valence-corrected chi connectivity index (χ4v) is 2.38. The first-order valence-electron chi connectivity index (χ1n) is 6.88. The minimum atomic E-state index is -0.651. The number of halogens is 2. The second-order valence-electron chi connectivity index (χ2n) is 4.85. The number of non-ortho nitro benzene ring substituents is 1. The van der Waals surface area contributed by atoms with E-state index in [1.165, 1.54) is 24.3 Å². The maximum atomic E-state index is 11.8. The van der Waals surface area contributed by atoms with Gasteiger partial charge in [0.25, 0.3) is 5.69 Å². The zero-order valence-corrected chi connectivity index (χ0v) is 14.1. The van der Waals surface area contributed by atoms with Crippen molar-refractivity contribution >= 4 is 34.9 Å². The van der Waals surface area contributed by atoms with Crippen LogP contribution >= 0.6 is 23.2 Å². The van der Waals surface area contributed by atoms with Crippen molar-refractivity contribution in [2.45, 2.75) is 13.0 Å². The van der Waals surface area contributed by atoms with Crippen LogP contribution < -0.4 is 4.74 Å². The highest BCUT2D eigenvalue weighted by atomic mass is 35.5. The van der Waals surface area contributed by atoms with Crippen molar-refractivity contribution in [3.8, 4) is 5.75 Å². The molecule has 0 amide bonds. The summed E-state index contributed by atoms with van der Waals surface area (Å²) in [6, 6.07) is 10.5. The molecule has 0 fully saturated rings. The molecular formula is C16H13Cl2NO5. The van der Waals surface area contributed by atoms with Gasteiger partial charge >= 0.3 is 5.97 Å². The number of carbonyl (C=O) groups is 1. The van der Waals surface area contributed by atoms with Crippen LogP contribution in [0.25, 0.3) is 0 Å². The highest BCUT2D eigenvalue weighted by Crippen LogP contribution is 2.27. The lowest BCUT2D eigenvalue weighted by atomic mass is 10.1. The third kappa shape index (κ3) is 4.84. The summed E-state index contributed by atoms with van der Waals surface area (Å²) in [5.74, 6) is -0.318. The number of esters is 1. The molecule has 0 aromatic heterocycles. The Bertz CT molecular complexity index is 766. The van der Waals surface area contributed by atoms with Crippen LogP contribution in [0.5, 0.6) is 5.75 Å². The van der Waals surface area contributed by atoms with Crippen molar-refractivity contribution in [2.24, 2.45) is 0 Å². The number of rotatable bonds is 6. The molecule has 2 aromatic carbocycles. The van der Waals surface area contributed by atoms with Crippen LogP contribution in [-0.2, 0) is 9.53 Å². The quantitative estimate of drug-likeness (QED) is 0.422. The molecule has 0 aliphatic rings. The Balaban J connectivity index is 1.94. The molecule has 0 saturated carbocycles. The Morgan fingerprint density at radius 3 is 2.67 bits per heavy atom. The smallest absolute Gasteiger partial charge is 0.344 e. The van der Waals surface area contributed by atoms with Gasteiger partial charge in [-0.2, -0.15) is 0 Å². The van der Waals surface area contributed by atoms with Crippen molar-refractivity contribution in [2.75, 3.05) is 6.61 Å². The normalized spacial score (nSPS) is 11.6. The molecule has 0 N–H and O–H groups in total. The maximum Gasteiger partial charge on any atom is 0.344 e. The summed E-state index contributed by atoms with van der Waals surface area (Å²) in [4.78, 5) is 22.1. The third-order valence-electron chi connectivity index (χ3n) is 3.10. The molecule has 0 aliphatic carbocycles. The number of hydrogen-bond donors (Lipinski definition) is 0. The maximum absolute atomic E-state index is 11.8. The molecule has 0 radical (unpaired) electrons. The van der Waals surface area contributed by atoms with Crippen LogP contribution in [0.1, 0.15) is 18.6 Å².